The zero-order valence-electron chi connectivity index (χ0n) is 15.0. The van der Waals surface area contributed by atoms with Crippen molar-refractivity contribution in [2.75, 3.05) is 12.1 Å². The summed E-state index contributed by atoms with van der Waals surface area (Å²) < 4.78 is 13.1. The Morgan fingerprint density at radius 1 is 1.10 bits per heavy atom. The third-order valence-electron chi connectivity index (χ3n) is 4.41. The Hall–Kier alpha value is -4.21. The molecule has 1 aliphatic heterocycles. The molecule has 1 aliphatic rings. The minimum Gasteiger partial charge on any atom is -0.454 e. The van der Waals surface area contributed by atoms with E-state index >= 15 is 0 Å². The van der Waals surface area contributed by atoms with Gasteiger partial charge in [0, 0.05) is 11.8 Å². The van der Waals surface area contributed by atoms with Crippen molar-refractivity contribution in [1.29, 1.82) is 0 Å². The van der Waals surface area contributed by atoms with Crippen molar-refractivity contribution in [1.82, 2.24) is 24.8 Å². The first-order valence-corrected chi connectivity index (χ1v) is 8.75. The summed E-state index contributed by atoms with van der Waals surface area (Å²) in [7, 11) is 0. The number of carbonyl (C=O) groups excluding carboxylic acids is 1. The number of fused-ring (bicyclic) bond motifs is 2. The predicted molar refractivity (Wildman–Crippen MR) is 102 cm³/mol. The van der Waals surface area contributed by atoms with Gasteiger partial charge in [-0.25, -0.2) is 9.36 Å². The number of para-hydroxylation sites is 1. The topological polar surface area (TPSA) is 113 Å². The molecule has 0 fully saturated rings. The van der Waals surface area contributed by atoms with Crippen molar-refractivity contribution in [2.24, 2.45) is 0 Å². The van der Waals surface area contributed by atoms with Gasteiger partial charge in [-0.05, 0) is 24.3 Å². The number of rotatable bonds is 4. The summed E-state index contributed by atoms with van der Waals surface area (Å²) in [6.07, 6.45) is 1.42. The summed E-state index contributed by atoms with van der Waals surface area (Å²) in [5, 5.41) is 15.2. The second-order valence-electron chi connectivity index (χ2n) is 6.30. The van der Waals surface area contributed by atoms with Crippen LogP contribution in [0.2, 0.25) is 0 Å². The molecule has 144 valence electrons. The third kappa shape index (κ3) is 3.06. The van der Waals surface area contributed by atoms with E-state index < -0.39 is 11.5 Å². The highest BCUT2D eigenvalue weighted by molar-refractivity contribution is 5.91. The van der Waals surface area contributed by atoms with E-state index in [1.807, 2.05) is 30.3 Å². The number of nitrogens with zero attached hydrogens (tertiary/aromatic N) is 5. The van der Waals surface area contributed by atoms with Gasteiger partial charge in [0.15, 0.2) is 17.1 Å². The van der Waals surface area contributed by atoms with E-state index in [1.54, 1.807) is 18.2 Å². The second-order valence-corrected chi connectivity index (χ2v) is 6.30. The number of anilines is 1. The number of amides is 1. The van der Waals surface area contributed by atoms with Crippen molar-refractivity contribution in [3.8, 4) is 17.2 Å². The highest BCUT2D eigenvalue weighted by Gasteiger charge is 2.16. The fraction of sp³-hybridized carbons (Fsp3) is 0.105. The summed E-state index contributed by atoms with van der Waals surface area (Å²) in [6.45, 7) is -0.138. The Labute approximate surface area is 163 Å². The average Bonchev–Trinajstić information content (AvgIpc) is 3.37. The van der Waals surface area contributed by atoms with Crippen LogP contribution < -0.4 is 20.3 Å². The number of aromatic nitrogens is 5. The fourth-order valence-corrected chi connectivity index (χ4v) is 3.04. The first kappa shape index (κ1) is 16.9. The molecule has 4 aromatic rings. The quantitative estimate of drug-likeness (QED) is 0.559. The van der Waals surface area contributed by atoms with E-state index in [9.17, 15) is 9.59 Å². The summed E-state index contributed by atoms with van der Waals surface area (Å²) in [5.41, 5.74) is 1.17. The molecule has 1 amide bonds. The molecule has 0 atom stereocenters. The summed E-state index contributed by atoms with van der Waals surface area (Å²) in [5.74, 6) is 0.746. The molecule has 2 aromatic carbocycles. The molecule has 0 spiro atoms. The second kappa shape index (κ2) is 6.75. The van der Waals surface area contributed by atoms with Crippen LogP contribution in [0, 0.1) is 0 Å². The van der Waals surface area contributed by atoms with Crippen molar-refractivity contribution in [2.45, 2.75) is 6.54 Å². The van der Waals surface area contributed by atoms with E-state index in [1.165, 1.54) is 10.9 Å². The molecule has 0 radical (unpaired) electrons. The Morgan fingerprint density at radius 3 is 2.79 bits per heavy atom. The van der Waals surface area contributed by atoms with Crippen LogP contribution in [0.15, 0.2) is 59.5 Å². The number of hydrogen-bond acceptors (Lipinski definition) is 7. The minimum absolute atomic E-state index is 0.147. The van der Waals surface area contributed by atoms with Crippen LogP contribution in [0.25, 0.3) is 16.7 Å². The van der Waals surface area contributed by atoms with Gasteiger partial charge in [-0.2, -0.15) is 5.10 Å². The highest BCUT2D eigenvalue weighted by atomic mass is 16.7. The fourth-order valence-electron chi connectivity index (χ4n) is 3.04. The smallest absolute Gasteiger partial charge is 0.281 e. The van der Waals surface area contributed by atoms with Crippen molar-refractivity contribution < 1.29 is 14.3 Å². The van der Waals surface area contributed by atoms with Crippen molar-refractivity contribution >= 4 is 22.6 Å². The zero-order chi connectivity index (χ0) is 19.8. The molecule has 5 rings (SSSR count). The summed E-state index contributed by atoms with van der Waals surface area (Å²) in [6, 6.07) is 14.3. The maximum atomic E-state index is 12.7. The SMILES string of the molecule is O=C(Cn1nnc2c(cnn2-c2ccccc2)c1=O)Nc1ccc2c(c1)OCO2. The van der Waals surface area contributed by atoms with Gasteiger partial charge >= 0.3 is 0 Å². The minimum atomic E-state index is -0.446. The maximum Gasteiger partial charge on any atom is 0.281 e. The van der Waals surface area contributed by atoms with Gasteiger partial charge in [-0.15, -0.1) is 5.10 Å². The molecule has 0 bridgehead atoms. The van der Waals surface area contributed by atoms with Gasteiger partial charge in [-0.3, -0.25) is 9.59 Å². The molecule has 2 aromatic heterocycles. The van der Waals surface area contributed by atoms with E-state index in [2.05, 4.69) is 20.7 Å². The van der Waals surface area contributed by atoms with E-state index in [0.29, 0.717) is 22.8 Å². The van der Waals surface area contributed by atoms with Crippen LogP contribution in [0.4, 0.5) is 5.69 Å². The molecule has 1 N–H and O–H groups in total. The average molecular weight is 390 g/mol. The van der Waals surface area contributed by atoms with Crippen LogP contribution >= 0.6 is 0 Å². The van der Waals surface area contributed by atoms with Gasteiger partial charge in [0.05, 0.1) is 11.9 Å². The molecule has 10 nitrogen and oxygen atoms in total. The molecule has 0 unspecified atom stereocenters. The van der Waals surface area contributed by atoms with E-state index in [4.69, 9.17) is 9.47 Å². The first-order valence-electron chi connectivity index (χ1n) is 8.75. The number of ether oxygens (including phenoxy) is 2. The molecular formula is C19H14N6O4. The predicted octanol–water partition coefficient (Wildman–Crippen LogP) is 1.34. The molecular weight excluding hydrogens is 376 g/mol. The lowest BCUT2D eigenvalue weighted by molar-refractivity contribution is -0.117. The Bertz CT molecular complexity index is 1280. The van der Waals surface area contributed by atoms with Gasteiger partial charge in [0.1, 0.15) is 11.9 Å². The lowest BCUT2D eigenvalue weighted by atomic mass is 10.3. The van der Waals surface area contributed by atoms with Gasteiger partial charge in [0.25, 0.3) is 5.56 Å². The lowest BCUT2D eigenvalue weighted by Gasteiger charge is -2.07. The molecule has 0 saturated heterocycles. The summed E-state index contributed by atoms with van der Waals surface area (Å²) >= 11 is 0. The van der Waals surface area contributed by atoms with Crippen LogP contribution in [0.5, 0.6) is 11.5 Å². The lowest BCUT2D eigenvalue weighted by Crippen LogP contribution is -2.30. The first-order chi connectivity index (χ1) is 14.2. The number of nitrogens with one attached hydrogen (secondary N) is 1. The standard InChI is InChI=1S/C19H14N6O4/c26-17(21-12-6-7-15-16(8-12)29-11-28-15)10-24-19(27)14-9-20-25(18(14)22-23-24)13-4-2-1-3-5-13/h1-9H,10-11H2,(H,21,26). The van der Waals surface area contributed by atoms with Crippen molar-refractivity contribution in [3.05, 3.63) is 65.1 Å². The molecule has 10 heteroatoms. The van der Waals surface area contributed by atoms with Gasteiger partial charge < -0.3 is 14.8 Å². The van der Waals surface area contributed by atoms with Crippen LogP contribution in [0.3, 0.4) is 0 Å². The largest absolute Gasteiger partial charge is 0.454 e. The number of carbonyl (C=O) groups is 1. The van der Waals surface area contributed by atoms with Gasteiger partial charge in [0.2, 0.25) is 12.7 Å². The molecule has 3 heterocycles. The third-order valence-corrected chi connectivity index (χ3v) is 4.41. The molecule has 0 aliphatic carbocycles. The van der Waals surface area contributed by atoms with E-state index in [-0.39, 0.29) is 18.7 Å². The van der Waals surface area contributed by atoms with Crippen LogP contribution in [-0.4, -0.2) is 37.5 Å². The van der Waals surface area contributed by atoms with Crippen LogP contribution in [0.1, 0.15) is 0 Å². The van der Waals surface area contributed by atoms with Crippen LogP contribution in [-0.2, 0) is 11.3 Å². The van der Waals surface area contributed by atoms with E-state index in [0.717, 1.165) is 10.4 Å². The van der Waals surface area contributed by atoms with Crippen molar-refractivity contribution in [3.63, 3.8) is 0 Å². The number of hydrogen-bond donors (Lipinski definition) is 1. The zero-order valence-corrected chi connectivity index (χ0v) is 15.0. The Balaban J connectivity index is 1.39. The van der Waals surface area contributed by atoms with Gasteiger partial charge in [-0.1, -0.05) is 23.4 Å². The monoisotopic (exact) mass is 390 g/mol. The normalized spacial score (nSPS) is 12.3. The Kier molecular flexibility index (Phi) is 3.94. The highest BCUT2D eigenvalue weighted by Crippen LogP contribution is 2.34. The maximum absolute atomic E-state index is 12.7. The summed E-state index contributed by atoms with van der Waals surface area (Å²) in [4.78, 5) is 25.1. The molecule has 0 saturated carbocycles. The number of benzene rings is 2. The Morgan fingerprint density at radius 2 is 1.93 bits per heavy atom. The molecule has 29 heavy (non-hydrogen) atoms.